The number of esters is 1. The molecule has 1 aliphatic heterocycles. The van der Waals surface area contributed by atoms with Gasteiger partial charge in [-0.1, -0.05) is 0 Å². The van der Waals surface area contributed by atoms with Gasteiger partial charge < -0.3 is 9.64 Å². The molecule has 2 aromatic heterocycles. The number of hydrogen-bond acceptors (Lipinski definition) is 6. The van der Waals surface area contributed by atoms with Crippen LogP contribution in [0.1, 0.15) is 40.4 Å². The summed E-state index contributed by atoms with van der Waals surface area (Å²) in [6.45, 7) is 5.91. The molecule has 1 aliphatic rings. The third kappa shape index (κ3) is 3.83. The molecule has 0 aliphatic carbocycles. The standard InChI is InChI=1S/C17H20N4O2/c1-12-9-15(20-13(2)19-12)11-23-17(22)14-5-6-16(18-10-14)21-7-3-4-8-21/h5-6,9-10H,3-4,7-8,11H2,1-2H3. The van der Waals surface area contributed by atoms with Crippen LogP contribution in [0.5, 0.6) is 0 Å². The Morgan fingerprint density at radius 1 is 1.22 bits per heavy atom. The molecule has 23 heavy (non-hydrogen) atoms. The van der Waals surface area contributed by atoms with E-state index in [4.69, 9.17) is 4.74 Å². The van der Waals surface area contributed by atoms with Crippen molar-refractivity contribution < 1.29 is 9.53 Å². The van der Waals surface area contributed by atoms with Gasteiger partial charge in [0, 0.05) is 25.0 Å². The van der Waals surface area contributed by atoms with E-state index >= 15 is 0 Å². The van der Waals surface area contributed by atoms with Crippen molar-refractivity contribution in [2.45, 2.75) is 33.3 Å². The predicted molar refractivity (Wildman–Crippen MR) is 86.3 cm³/mol. The highest BCUT2D eigenvalue weighted by Gasteiger charge is 2.15. The van der Waals surface area contributed by atoms with Gasteiger partial charge in [0.05, 0.1) is 11.3 Å². The summed E-state index contributed by atoms with van der Waals surface area (Å²) in [7, 11) is 0. The third-order valence-electron chi connectivity index (χ3n) is 3.78. The van der Waals surface area contributed by atoms with Crippen molar-refractivity contribution >= 4 is 11.8 Å². The lowest BCUT2D eigenvalue weighted by Gasteiger charge is -2.16. The van der Waals surface area contributed by atoms with Gasteiger partial charge in [-0.15, -0.1) is 0 Å². The first kappa shape index (κ1) is 15.4. The van der Waals surface area contributed by atoms with Crippen molar-refractivity contribution in [1.29, 1.82) is 0 Å². The number of carbonyl (C=O) groups excluding carboxylic acids is 1. The summed E-state index contributed by atoms with van der Waals surface area (Å²) in [5.41, 5.74) is 2.01. The zero-order valence-electron chi connectivity index (χ0n) is 13.5. The van der Waals surface area contributed by atoms with Gasteiger partial charge in [0.1, 0.15) is 18.2 Å². The van der Waals surface area contributed by atoms with E-state index in [0.29, 0.717) is 17.1 Å². The van der Waals surface area contributed by atoms with Crippen LogP contribution in [0.25, 0.3) is 0 Å². The predicted octanol–water partition coefficient (Wildman–Crippen LogP) is 2.45. The van der Waals surface area contributed by atoms with Gasteiger partial charge in [0.15, 0.2) is 0 Å². The number of aryl methyl sites for hydroxylation is 2. The van der Waals surface area contributed by atoms with Crippen molar-refractivity contribution in [2.24, 2.45) is 0 Å². The number of carbonyl (C=O) groups is 1. The summed E-state index contributed by atoms with van der Waals surface area (Å²) in [5, 5.41) is 0. The lowest BCUT2D eigenvalue weighted by molar-refractivity contribution is 0.0466. The molecule has 2 aromatic rings. The molecule has 0 aromatic carbocycles. The molecule has 3 rings (SSSR count). The molecule has 6 heteroatoms. The fourth-order valence-electron chi connectivity index (χ4n) is 2.73. The Hall–Kier alpha value is -2.50. The minimum Gasteiger partial charge on any atom is -0.456 e. The smallest absolute Gasteiger partial charge is 0.340 e. The second kappa shape index (κ2) is 6.73. The SMILES string of the molecule is Cc1cc(COC(=O)c2ccc(N3CCCC3)nc2)nc(C)n1. The monoisotopic (exact) mass is 312 g/mol. The average Bonchev–Trinajstić information content (AvgIpc) is 3.06. The highest BCUT2D eigenvalue weighted by Crippen LogP contribution is 2.18. The van der Waals surface area contributed by atoms with Gasteiger partial charge in [-0.25, -0.2) is 19.7 Å². The van der Waals surface area contributed by atoms with Gasteiger partial charge in [-0.05, 0) is 44.9 Å². The zero-order valence-corrected chi connectivity index (χ0v) is 13.5. The van der Waals surface area contributed by atoms with Crippen LogP contribution >= 0.6 is 0 Å². The minimum atomic E-state index is -0.389. The van der Waals surface area contributed by atoms with Crippen molar-refractivity contribution in [3.8, 4) is 0 Å². The van der Waals surface area contributed by atoms with Crippen LogP contribution in [0.3, 0.4) is 0 Å². The highest BCUT2D eigenvalue weighted by atomic mass is 16.5. The first-order chi connectivity index (χ1) is 11.1. The Morgan fingerprint density at radius 2 is 2.00 bits per heavy atom. The molecule has 0 saturated carbocycles. The molecule has 0 bridgehead atoms. The lowest BCUT2D eigenvalue weighted by Crippen LogP contribution is -2.19. The largest absolute Gasteiger partial charge is 0.456 e. The maximum absolute atomic E-state index is 12.1. The maximum Gasteiger partial charge on any atom is 0.340 e. The van der Waals surface area contributed by atoms with Crippen molar-refractivity contribution in [3.05, 3.63) is 47.2 Å². The number of aromatic nitrogens is 3. The van der Waals surface area contributed by atoms with Crippen LogP contribution in [0.4, 0.5) is 5.82 Å². The quantitative estimate of drug-likeness (QED) is 0.808. The summed E-state index contributed by atoms with van der Waals surface area (Å²) in [6, 6.07) is 5.45. The number of pyridine rings is 1. The van der Waals surface area contributed by atoms with Crippen molar-refractivity contribution in [3.63, 3.8) is 0 Å². The fraction of sp³-hybridized carbons (Fsp3) is 0.412. The Balaban J connectivity index is 1.61. The second-order valence-electron chi connectivity index (χ2n) is 5.72. The molecule has 0 N–H and O–H groups in total. The Labute approximate surface area is 135 Å². The van der Waals surface area contributed by atoms with Crippen molar-refractivity contribution in [2.75, 3.05) is 18.0 Å². The Bertz CT molecular complexity index is 674. The van der Waals surface area contributed by atoms with Crippen LogP contribution < -0.4 is 4.90 Å². The van der Waals surface area contributed by atoms with E-state index in [1.54, 1.807) is 12.3 Å². The van der Waals surface area contributed by atoms with Gasteiger partial charge >= 0.3 is 5.97 Å². The molecule has 3 heterocycles. The molecule has 120 valence electrons. The van der Waals surface area contributed by atoms with E-state index in [2.05, 4.69) is 19.9 Å². The van der Waals surface area contributed by atoms with E-state index in [1.165, 1.54) is 12.8 Å². The molecule has 0 amide bonds. The molecule has 6 nitrogen and oxygen atoms in total. The Morgan fingerprint density at radius 3 is 2.65 bits per heavy atom. The lowest BCUT2D eigenvalue weighted by atomic mass is 10.3. The van der Waals surface area contributed by atoms with Crippen molar-refractivity contribution in [1.82, 2.24) is 15.0 Å². The number of nitrogens with zero attached hydrogens (tertiary/aromatic N) is 4. The molecule has 1 saturated heterocycles. The van der Waals surface area contributed by atoms with E-state index < -0.39 is 0 Å². The van der Waals surface area contributed by atoms with E-state index in [9.17, 15) is 4.79 Å². The summed E-state index contributed by atoms with van der Waals surface area (Å²) in [4.78, 5) is 27.1. The van der Waals surface area contributed by atoms with E-state index in [0.717, 1.165) is 24.6 Å². The summed E-state index contributed by atoms with van der Waals surface area (Å²) in [5.74, 6) is 1.20. The summed E-state index contributed by atoms with van der Waals surface area (Å²) < 4.78 is 5.31. The summed E-state index contributed by atoms with van der Waals surface area (Å²) >= 11 is 0. The van der Waals surface area contributed by atoms with E-state index in [-0.39, 0.29) is 12.6 Å². The van der Waals surface area contributed by atoms with E-state index in [1.807, 2.05) is 26.0 Å². The minimum absolute atomic E-state index is 0.136. The topological polar surface area (TPSA) is 68.2 Å². The zero-order chi connectivity index (χ0) is 16.2. The van der Waals surface area contributed by atoms with Crippen LogP contribution in [0.2, 0.25) is 0 Å². The van der Waals surface area contributed by atoms with Crippen LogP contribution in [0, 0.1) is 13.8 Å². The normalized spacial score (nSPS) is 14.1. The van der Waals surface area contributed by atoms with Gasteiger partial charge in [0.25, 0.3) is 0 Å². The van der Waals surface area contributed by atoms with Crippen LogP contribution in [-0.2, 0) is 11.3 Å². The highest BCUT2D eigenvalue weighted by molar-refractivity contribution is 5.89. The number of hydrogen-bond donors (Lipinski definition) is 0. The molecule has 0 spiro atoms. The second-order valence-corrected chi connectivity index (χ2v) is 5.72. The van der Waals surface area contributed by atoms with Crippen LogP contribution in [0.15, 0.2) is 24.4 Å². The number of ether oxygens (including phenoxy) is 1. The van der Waals surface area contributed by atoms with Crippen LogP contribution in [-0.4, -0.2) is 34.0 Å². The molecule has 0 atom stereocenters. The number of anilines is 1. The molecular formula is C17H20N4O2. The first-order valence-electron chi connectivity index (χ1n) is 7.81. The molecule has 0 radical (unpaired) electrons. The Kier molecular flexibility index (Phi) is 4.50. The molecule has 0 unspecified atom stereocenters. The molecule has 1 fully saturated rings. The van der Waals surface area contributed by atoms with Gasteiger partial charge in [-0.3, -0.25) is 0 Å². The number of rotatable bonds is 4. The maximum atomic E-state index is 12.1. The van der Waals surface area contributed by atoms with Gasteiger partial charge in [0.2, 0.25) is 0 Å². The third-order valence-corrected chi connectivity index (χ3v) is 3.78. The first-order valence-corrected chi connectivity index (χ1v) is 7.81. The van der Waals surface area contributed by atoms with Gasteiger partial charge in [-0.2, -0.15) is 0 Å². The average molecular weight is 312 g/mol. The summed E-state index contributed by atoms with van der Waals surface area (Å²) in [6.07, 6.45) is 3.97. The fourth-order valence-corrected chi connectivity index (χ4v) is 2.73. The molecular weight excluding hydrogens is 292 g/mol.